The molecule has 1 saturated carbocycles. The molecule has 1 N–H and O–H groups in total. The van der Waals surface area contributed by atoms with Gasteiger partial charge >= 0.3 is 5.97 Å². The molecule has 0 aromatic carbocycles. The van der Waals surface area contributed by atoms with Crippen molar-refractivity contribution in [2.75, 3.05) is 13.1 Å². The Labute approximate surface area is 102 Å². The van der Waals surface area contributed by atoms with Crippen molar-refractivity contribution in [1.82, 2.24) is 4.90 Å². The molecule has 2 aliphatic rings. The van der Waals surface area contributed by atoms with Crippen molar-refractivity contribution in [3.63, 3.8) is 0 Å². The number of aliphatic carboxylic acids is 1. The van der Waals surface area contributed by atoms with E-state index in [-0.39, 0.29) is 11.8 Å². The molecule has 0 spiro atoms. The second-order valence-electron chi connectivity index (χ2n) is 5.38. The molecule has 1 aliphatic heterocycles. The van der Waals surface area contributed by atoms with Crippen LogP contribution in [0.3, 0.4) is 0 Å². The highest BCUT2D eigenvalue weighted by Crippen LogP contribution is 2.28. The SMILES string of the molecule is O=C(O)C1CN(C(=O)CCC2CCCCC2)C1. The van der Waals surface area contributed by atoms with Gasteiger partial charge in [-0.1, -0.05) is 32.1 Å². The van der Waals surface area contributed by atoms with Gasteiger partial charge in [0.05, 0.1) is 5.92 Å². The molecule has 1 saturated heterocycles. The Bertz CT molecular complexity index is 291. The highest BCUT2D eigenvalue weighted by atomic mass is 16.4. The van der Waals surface area contributed by atoms with Gasteiger partial charge in [0.25, 0.3) is 0 Å². The fourth-order valence-corrected chi connectivity index (χ4v) is 2.80. The molecule has 1 heterocycles. The van der Waals surface area contributed by atoms with E-state index in [4.69, 9.17) is 5.11 Å². The van der Waals surface area contributed by atoms with E-state index in [0.717, 1.165) is 12.3 Å². The van der Waals surface area contributed by atoms with Gasteiger partial charge in [0, 0.05) is 19.5 Å². The lowest BCUT2D eigenvalue weighted by atomic mass is 9.86. The van der Waals surface area contributed by atoms with E-state index in [1.807, 2.05) is 0 Å². The van der Waals surface area contributed by atoms with Gasteiger partial charge in [0.15, 0.2) is 0 Å². The molecular formula is C13H21NO3. The minimum Gasteiger partial charge on any atom is -0.481 e. The van der Waals surface area contributed by atoms with E-state index < -0.39 is 5.97 Å². The van der Waals surface area contributed by atoms with Crippen molar-refractivity contribution in [3.8, 4) is 0 Å². The Morgan fingerprint density at radius 2 is 1.76 bits per heavy atom. The highest BCUT2D eigenvalue weighted by Gasteiger charge is 2.35. The van der Waals surface area contributed by atoms with Crippen LogP contribution in [0.2, 0.25) is 0 Å². The summed E-state index contributed by atoms with van der Waals surface area (Å²) in [6.45, 7) is 0.831. The number of carbonyl (C=O) groups excluding carboxylic acids is 1. The van der Waals surface area contributed by atoms with E-state index in [0.29, 0.717) is 19.5 Å². The molecule has 2 fully saturated rings. The second-order valence-corrected chi connectivity index (χ2v) is 5.38. The molecule has 2 rings (SSSR count). The maximum atomic E-state index is 11.8. The summed E-state index contributed by atoms with van der Waals surface area (Å²) in [7, 11) is 0. The number of carboxylic acid groups (broad SMARTS) is 1. The minimum atomic E-state index is -0.777. The van der Waals surface area contributed by atoms with Crippen LogP contribution in [-0.2, 0) is 9.59 Å². The summed E-state index contributed by atoms with van der Waals surface area (Å²) in [6, 6.07) is 0. The van der Waals surface area contributed by atoms with E-state index in [1.54, 1.807) is 4.90 Å². The number of likely N-dealkylation sites (tertiary alicyclic amines) is 1. The number of hydrogen-bond donors (Lipinski definition) is 1. The lowest BCUT2D eigenvalue weighted by Gasteiger charge is -2.37. The fraction of sp³-hybridized carbons (Fsp3) is 0.846. The van der Waals surface area contributed by atoms with E-state index in [2.05, 4.69) is 0 Å². The summed E-state index contributed by atoms with van der Waals surface area (Å²) in [5.41, 5.74) is 0. The molecular weight excluding hydrogens is 218 g/mol. The van der Waals surface area contributed by atoms with Crippen molar-refractivity contribution in [2.24, 2.45) is 11.8 Å². The zero-order valence-corrected chi connectivity index (χ0v) is 10.2. The normalized spacial score (nSPS) is 22.2. The number of nitrogens with zero attached hydrogens (tertiary/aromatic N) is 1. The number of hydrogen-bond acceptors (Lipinski definition) is 2. The fourth-order valence-electron chi connectivity index (χ4n) is 2.80. The lowest BCUT2D eigenvalue weighted by molar-refractivity contribution is -0.152. The maximum absolute atomic E-state index is 11.8. The van der Waals surface area contributed by atoms with Gasteiger partial charge in [-0.25, -0.2) is 0 Å². The van der Waals surface area contributed by atoms with Crippen LogP contribution in [0.1, 0.15) is 44.9 Å². The van der Waals surface area contributed by atoms with Crippen LogP contribution in [0, 0.1) is 11.8 Å². The number of amides is 1. The summed E-state index contributed by atoms with van der Waals surface area (Å²) >= 11 is 0. The Kier molecular flexibility index (Phi) is 4.02. The standard InChI is InChI=1S/C13H21NO3/c15-12(14-8-11(9-14)13(16)17)7-6-10-4-2-1-3-5-10/h10-11H,1-9H2,(H,16,17). The minimum absolute atomic E-state index is 0.146. The van der Waals surface area contributed by atoms with Gasteiger partial charge in [-0.05, 0) is 12.3 Å². The van der Waals surface area contributed by atoms with Gasteiger partial charge in [-0.2, -0.15) is 0 Å². The Balaban J connectivity index is 1.63. The molecule has 0 aromatic rings. The molecule has 96 valence electrons. The van der Waals surface area contributed by atoms with Crippen molar-refractivity contribution in [3.05, 3.63) is 0 Å². The predicted molar refractivity (Wildman–Crippen MR) is 63.5 cm³/mol. The first-order valence-electron chi connectivity index (χ1n) is 6.67. The third-order valence-corrected chi connectivity index (χ3v) is 4.07. The van der Waals surface area contributed by atoms with Crippen LogP contribution in [0.4, 0.5) is 0 Å². The summed E-state index contributed by atoms with van der Waals surface area (Å²) in [5, 5.41) is 8.73. The largest absolute Gasteiger partial charge is 0.481 e. The molecule has 0 unspecified atom stereocenters. The summed E-state index contributed by atoms with van der Waals surface area (Å²) in [6.07, 6.45) is 8.10. The molecule has 17 heavy (non-hydrogen) atoms. The molecule has 0 bridgehead atoms. The number of carbonyl (C=O) groups is 2. The van der Waals surface area contributed by atoms with Gasteiger partial charge < -0.3 is 10.0 Å². The van der Waals surface area contributed by atoms with E-state index in [1.165, 1.54) is 32.1 Å². The van der Waals surface area contributed by atoms with Gasteiger partial charge in [-0.15, -0.1) is 0 Å². The predicted octanol–water partition coefficient (Wildman–Crippen LogP) is 1.89. The molecule has 1 aliphatic carbocycles. The second kappa shape index (κ2) is 5.52. The van der Waals surface area contributed by atoms with Gasteiger partial charge in [-0.3, -0.25) is 9.59 Å². The van der Waals surface area contributed by atoms with Crippen LogP contribution >= 0.6 is 0 Å². The topological polar surface area (TPSA) is 57.6 Å². The monoisotopic (exact) mass is 239 g/mol. The van der Waals surface area contributed by atoms with E-state index >= 15 is 0 Å². The smallest absolute Gasteiger partial charge is 0.310 e. The maximum Gasteiger partial charge on any atom is 0.310 e. The van der Waals surface area contributed by atoms with Gasteiger partial charge in [0.1, 0.15) is 0 Å². The number of carboxylic acids is 1. The molecule has 4 heteroatoms. The van der Waals surface area contributed by atoms with Crippen molar-refractivity contribution < 1.29 is 14.7 Å². The zero-order chi connectivity index (χ0) is 12.3. The molecule has 0 atom stereocenters. The molecule has 1 amide bonds. The lowest BCUT2D eigenvalue weighted by Crippen LogP contribution is -2.53. The quantitative estimate of drug-likeness (QED) is 0.815. The van der Waals surface area contributed by atoms with Crippen LogP contribution < -0.4 is 0 Å². The van der Waals surface area contributed by atoms with Crippen molar-refractivity contribution in [2.45, 2.75) is 44.9 Å². The molecule has 0 radical (unpaired) electrons. The summed E-state index contributed by atoms with van der Waals surface area (Å²) in [5.74, 6) is -0.229. The molecule has 4 nitrogen and oxygen atoms in total. The third kappa shape index (κ3) is 3.20. The van der Waals surface area contributed by atoms with Crippen molar-refractivity contribution in [1.29, 1.82) is 0 Å². The van der Waals surface area contributed by atoms with E-state index in [9.17, 15) is 9.59 Å². The third-order valence-electron chi connectivity index (χ3n) is 4.07. The van der Waals surface area contributed by atoms with Crippen LogP contribution in [0.15, 0.2) is 0 Å². The Morgan fingerprint density at radius 3 is 2.35 bits per heavy atom. The first kappa shape index (κ1) is 12.4. The molecule has 0 aromatic heterocycles. The highest BCUT2D eigenvalue weighted by molar-refractivity contribution is 5.80. The summed E-state index contributed by atoms with van der Waals surface area (Å²) < 4.78 is 0. The Morgan fingerprint density at radius 1 is 1.12 bits per heavy atom. The van der Waals surface area contributed by atoms with Gasteiger partial charge in [0.2, 0.25) is 5.91 Å². The average molecular weight is 239 g/mol. The first-order chi connectivity index (χ1) is 8.16. The van der Waals surface area contributed by atoms with Crippen LogP contribution in [-0.4, -0.2) is 35.0 Å². The van der Waals surface area contributed by atoms with Crippen molar-refractivity contribution >= 4 is 11.9 Å². The Hall–Kier alpha value is -1.06. The zero-order valence-electron chi connectivity index (χ0n) is 10.2. The first-order valence-corrected chi connectivity index (χ1v) is 6.67. The summed E-state index contributed by atoms with van der Waals surface area (Å²) in [4.78, 5) is 24.1. The van der Waals surface area contributed by atoms with Crippen LogP contribution in [0.5, 0.6) is 0 Å². The van der Waals surface area contributed by atoms with Crippen LogP contribution in [0.25, 0.3) is 0 Å². The number of rotatable bonds is 4. The average Bonchev–Trinajstić information content (AvgIpc) is 2.25.